The lowest BCUT2D eigenvalue weighted by molar-refractivity contribution is 0.159. The molecule has 2 heterocycles. The van der Waals surface area contributed by atoms with Gasteiger partial charge in [-0.15, -0.1) is 12.4 Å². The molecule has 6 heteroatoms. The van der Waals surface area contributed by atoms with E-state index in [4.69, 9.17) is 9.47 Å². The maximum Gasteiger partial charge on any atom is 0.220 e. The molecule has 2 rings (SSSR count). The quantitative estimate of drug-likeness (QED) is 0.887. The van der Waals surface area contributed by atoms with Gasteiger partial charge in [0.25, 0.3) is 0 Å². The van der Waals surface area contributed by atoms with Gasteiger partial charge < -0.3 is 14.8 Å². The molecule has 0 aromatic carbocycles. The van der Waals surface area contributed by atoms with Crippen LogP contribution in [0.3, 0.4) is 0 Å². The van der Waals surface area contributed by atoms with Crippen LogP contribution in [-0.2, 0) is 0 Å². The number of rotatable bonds is 4. The minimum Gasteiger partial charge on any atom is -0.478 e. The summed E-state index contributed by atoms with van der Waals surface area (Å²) in [4.78, 5) is 8.07. The molecule has 5 nitrogen and oxygen atoms in total. The van der Waals surface area contributed by atoms with E-state index in [1.807, 2.05) is 6.92 Å². The van der Waals surface area contributed by atoms with Crippen LogP contribution in [0.15, 0.2) is 12.4 Å². The summed E-state index contributed by atoms with van der Waals surface area (Å²) in [5.41, 5.74) is 0. The average molecular weight is 260 g/mol. The lowest BCUT2D eigenvalue weighted by Crippen LogP contribution is -2.37. The van der Waals surface area contributed by atoms with Crippen molar-refractivity contribution in [2.75, 3.05) is 19.7 Å². The maximum atomic E-state index is 5.75. The van der Waals surface area contributed by atoms with Crippen molar-refractivity contribution < 1.29 is 9.47 Å². The minimum atomic E-state index is 0. The summed E-state index contributed by atoms with van der Waals surface area (Å²) < 4.78 is 11.0. The van der Waals surface area contributed by atoms with Crippen LogP contribution < -0.4 is 14.8 Å². The van der Waals surface area contributed by atoms with Crippen LogP contribution >= 0.6 is 12.4 Å². The standard InChI is InChI=1S/C11H17N3O2.ClH/c1-2-15-10-6-11(14-8-13-10)16-9-4-3-5-12-7-9;/h6,8-9,12H,2-5,7H2,1H3;1H. The van der Waals surface area contributed by atoms with Gasteiger partial charge in [0, 0.05) is 6.54 Å². The van der Waals surface area contributed by atoms with Gasteiger partial charge in [0.05, 0.1) is 12.7 Å². The van der Waals surface area contributed by atoms with Gasteiger partial charge in [-0.1, -0.05) is 0 Å². The van der Waals surface area contributed by atoms with Gasteiger partial charge >= 0.3 is 0 Å². The van der Waals surface area contributed by atoms with E-state index in [-0.39, 0.29) is 18.5 Å². The topological polar surface area (TPSA) is 56.3 Å². The zero-order valence-corrected chi connectivity index (χ0v) is 10.7. The Kier molecular flexibility index (Phi) is 6.00. The van der Waals surface area contributed by atoms with Gasteiger partial charge in [0.15, 0.2) is 0 Å². The van der Waals surface area contributed by atoms with Gasteiger partial charge in [-0.2, -0.15) is 0 Å². The van der Waals surface area contributed by atoms with Crippen LogP contribution in [0.5, 0.6) is 11.8 Å². The molecule has 1 N–H and O–H groups in total. The fraction of sp³-hybridized carbons (Fsp3) is 0.636. The van der Waals surface area contributed by atoms with Crippen molar-refractivity contribution in [3.8, 4) is 11.8 Å². The van der Waals surface area contributed by atoms with Crippen LogP contribution in [0.4, 0.5) is 0 Å². The van der Waals surface area contributed by atoms with E-state index in [2.05, 4.69) is 15.3 Å². The molecule has 1 fully saturated rings. The monoisotopic (exact) mass is 259 g/mol. The fourth-order valence-electron chi connectivity index (χ4n) is 1.71. The predicted molar refractivity (Wildman–Crippen MR) is 67.0 cm³/mol. The van der Waals surface area contributed by atoms with E-state index in [1.54, 1.807) is 6.07 Å². The van der Waals surface area contributed by atoms with Gasteiger partial charge in [-0.25, -0.2) is 9.97 Å². The summed E-state index contributed by atoms with van der Waals surface area (Å²) in [7, 11) is 0. The van der Waals surface area contributed by atoms with Crippen LogP contribution in [-0.4, -0.2) is 35.8 Å². The fourth-order valence-corrected chi connectivity index (χ4v) is 1.71. The van der Waals surface area contributed by atoms with Gasteiger partial charge in [-0.3, -0.25) is 0 Å². The number of ether oxygens (including phenoxy) is 2. The SMILES string of the molecule is CCOc1cc(OC2CCCNC2)ncn1.Cl. The summed E-state index contributed by atoms with van der Waals surface area (Å²) in [6.45, 7) is 4.48. The van der Waals surface area contributed by atoms with Crippen molar-refractivity contribution in [3.05, 3.63) is 12.4 Å². The first-order chi connectivity index (χ1) is 7.88. The highest BCUT2D eigenvalue weighted by Gasteiger charge is 2.15. The summed E-state index contributed by atoms with van der Waals surface area (Å²) in [6, 6.07) is 1.73. The van der Waals surface area contributed by atoms with Crippen LogP contribution in [0.25, 0.3) is 0 Å². The number of aromatic nitrogens is 2. The third-order valence-corrected chi connectivity index (χ3v) is 2.45. The van der Waals surface area contributed by atoms with Crippen LogP contribution in [0.1, 0.15) is 19.8 Å². The highest BCUT2D eigenvalue weighted by atomic mass is 35.5. The van der Waals surface area contributed by atoms with Crippen molar-refractivity contribution in [1.82, 2.24) is 15.3 Å². The molecule has 0 bridgehead atoms. The normalized spacial score (nSPS) is 19.2. The summed E-state index contributed by atoms with van der Waals surface area (Å²) >= 11 is 0. The molecule has 17 heavy (non-hydrogen) atoms. The van der Waals surface area contributed by atoms with E-state index < -0.39 is 0 Å². The van der Waals surface area contributed by atoms with Crippen molar-refractivity contribution >= 4 is 12.4 Å². The second kappa shape index (κ2) is 7.29. The Morgan fingerprint density at radius 2 is 2.24 bits per heavy atom. The smallest absolute Gasteiger partial charge is 0.220 e. The molecule has 1 atom stereocenters. The van der Waals surface area contributed by atoms with Gasteiger partial charge in [-0.05, 0) is 26.3 Å². The molecular weight excluding hydrogens is 242 g/mol. The largest absolute Gasteiger partial charge is 0.478 e. The molecule has 1 unspecified atom stereocenters. The molecule has 0 aliphatic carbocycles. The number of nitrogens with zero attached hydrogens (tertiary/aromatic N) is 2. The van der Waals surface area contributed by atoms with Crippen LogP contribution in [0.2, 0.25) is 0 Å². The van der Waals surface area contributed by atoms with E-state index in [0.717, 1.165) is 25.9 Å². The summed E-state index contributed by atoms with van der Waals surface area (Å²) in [5, 5.41) is 3.30. The Hall–Kier alpha value is -1.07. The molecule has 0 spiro atoms. The first-order valence-corrected chi connectivity index (χ1v) is 5.70. The molecule has 0 saturated carbocycles. The van der Waals surface area contributed by atoms with Crippen molar-refractivity contribution in [2.24, 2.45) is 0 Å². The molecule has 1 aliphatic rings. The number of nitrogens with one attached hydrogen (secondary N) is 1. The maximum absolute atomic E-state index is 5.75. The Balaban J connectivity index is 0.00000144. The second-order valence-corrected chi connectivity index (χ2v) is 3.71. The molecule has 1 aromatic heterocycles. The molecule has 1 saturated heterocycles. The Bertz CT molecular complexity index is 332. The summed E-state index contributed by atoms with van der Waals surface area (Å²) in [6.07, 6.45) is 3.89. The third kappa shape index (κ3) is 4.36. The van der Waals surface area contributed by atoms with Crippen LogP contribution in [0, 0.1) is 0 Å². The van der Waals surface area contributed by atoms with Crippen molar-refractivity contribution in [3.63, 3.8) is 0 Å². The Morgan fingerprint density at radius 3 is 2.94 bits per heavy atom. The molecule has 0 radical (unpaired) electrons. The minimum absolute atomic E-state index is 0. The molecular formula is C11H18ClN3O2. The van der Waals surface area contributed by atoms with Gasteiger partial charge in [0.1, 0.15) is 12.4 Å². The Morgan fingerprint density at radius 1 is 1.41 bits per heavy atom. The number of halogens is 1. The van der Waals surface area contributed by atoms with Crippen molar-refractivity contribution in [2.45, 2.75) is 25.9 Å². The number of piperidine rings is 1. The zero-order valence-electron chi connectivity index (χ0n) is 9.89. The number of hydrogen-bond acceptors (Lipinski definition) is 5. The highest BCUT2D eigenvalue weighted by Crippen LogP contribution is 2.16. The van der Waals surface area contributed by atoms with E-state index in [1.165, 1.54) is 6.33 Å². The molecule has 1 aromatic rings. The highest BCUT2D eigenvalue weighted by molar-refractivity contribution is 5.85. The zero-order chi connectivity index (χ0) is 11.2. The summed E-state index contributed by atoms with van der Waals surface area (Å²) in [5.74, 6) is 1.16. The van der Waals surface area contributed by atoms with E-state index >= 15 is 0 Å². The molecule has 96 valence electrons. The molecule has 0 amide bonds. The Labute approximate surface area is 107 Å². The predicted octanol–water partition coefficient (Wildman–Crippen LogP) is 1.43. The molecule has 1 aliphatic heterocycles. The lowest BCUT2D eigenvalue weighted by atomic mass is 10.1. The van der Waals surface area contributed by atoms with E-state index in [9.17, 15) is 0 Å². The third-order valence-electron chi connectivity index (χ3n) is 2.45. The first-order valence-electron chi connectivity index (χ1n) is 5.70. The van der Waals surface area contributed by atoms with E-state index in [0.29, 0.717) is 18.4 Å². The number of hydrogen-bond donors (Lipinski definition) is 1. The van der Waals surface area contributed by atoms with Crippen molar-refractivity contribution in [1.29, 1.82) is 0 Å². The lowest BCUT2D eigenvalue weighted by Gasteiger charge is -2.23. The first kappa shape index (κ1) is 14.0. The van der Waals surface area contributed by atoms with Gasteiger partial charge in [0.2, 0.25) is 11.8 Å². The average Bonchev–Trinajstić information content (AvgIpc) is 2.31. The second-order valence-electron chi connectivity index (χ2n) is 3.71.